The van der Waals surface area contributed by atoms with Crippen LogP contribution in [-0.2, 0) is 19.1 Å². The minimum Gasteiger partial charge on any atom is -0.463 e. The standard InChI is InChI=1S/C32H39F4N7O/c1-3-14-41-17-18-43(19-22(41)9-13-37)29-23-10-16-42(26-7-4-6-24(33)28(26)32(34,35)36)20-25(23)38-30(39-29)44-21-31(11-12-31)27-8-5-15-40(27)2/h3-4,6-7,14,22,27H,5,8-12,15-21H2,1-2H3/t22-,27?/m0/s1. The van der Waals surface area contributed by atoms with E-state index in [9.17, 15) is 22.8 Å². The highest BCUT2D eigenvalue weighted by molar-refractivity contribution is 5.60. The summed E-state index contributed by atoms with van der Waals surface area (Å²) in [6.45, 7) is 5.78. The number of likely N-dealkylation sites (tertiary alicyclic amines) is 1. The topological polar surface area (TPSA) is 71.8 Å². The van der Waals surface area contributed by atoms with Gasteiger partial charge < -0.3 is 24.3 Å². The number of allylic oxidation sites excluding steroid dienone is 1. The lowest BCUT2D eigenvalue weighted by molar-refractivity contribution is -0.139. The molecule has 4 aliphatic rings. The molecule has 0 amide bonds. The lowest BCUT2D eigenvalue weighted by atomic mass is 9.95. The molecule has 2 saturated heterocycles. The second-order valence-electron chi connectivity index (χ2n) is 12.5. The van der Waals surface area contributed by atoms with Crippen LogP contribution in [0.1, 0.15) is 55.8 Å². The van der Waals surface area contributed by atoms with E-state index >= 15 is 0 Å². The molecule has 3 aliphatic heterocycles. The van der Waals surface area contributed by atoms with Crippen LogP contribution in [0.4, 0.5) is 29.1 Å². The molecule has 44 heavy (non-hydrogen) atoms. The third-order valence-electron chi connectivity index (χ3n) is 9.74. The van der Waals surface area contributed by atoms with Crippen LogP contribution >= 0.6 is 0 Å². The Hall–Kier alpha value is -3.59. The lowest BCUT2D eigenvalue weighted by Crippen LogP contribution is -2.51. The third kappa shape index (κ3) is 5.91. The Morgan fingerprint density at radius 2 is 1.95 bits per heavy atom. The molecule has 3 fully saturated rings. The van der Waals surface area contributed by atoms with E-state index in [1.54, 1.807) is 4.90 Å². The van der Waals surface area contributed by atoms with Gasteiger partial charge in [0.25, 0.3) is 0 Å². The van der Waals surface area contributed by atoms with Crippen LogP contribution in [0.15, 0.2) is 30.5 Å². The molecule has 2 atom stereocenters. The zero-order chi connectivity index (χ0) is 31.1. The van der Waals surface area contributed by atoms with Gasteiger partial charge in [-0.05, 0) is 71.0 Å². The molecule has 4 heterocycles. The number of fused-ring (bicyclic) bond motifs is 1. The predicted octanol–water partition coefficient (Wildman–Crippen LogP) is 5.39. The average Bonchev–Trinajstić information content (AvgIpc) is 3.66. The summed E-state index contributed by atoms with van der Waals surface area (Å²) in [5.74, 6) is -0.576. The van der Waals surface area contributed by atoms with Gasteiger partial charge in [0.15, 0.2) is 0 Å². The summed E-state index contributed by atoms with van der Waals surface area (Å²) in [6.07, 6.45) is 4.35. The van der Waals surface area contributed by atoms with Gasteiger partial charge in [0.05, 0.1) is 43.1 Å². The van der Waals surface area contributed by atoms with E-state index in [-0.39, 0.29) is 36.2 Å². The Kier molecular flexibility index (Phi) is 8.35. The number of hydrogen-bond acceptors (Lipinski definition) is 8. The molecule has 0 bridgehead atoms. The number of nitrogens with zero attached hydrogens (tertiary/aromatic N) is 7. The highest BCUT2D eigenvalue weighted by Gasteiger charge is 2.52. The molecule has 0 N–H and O–H groups in total. The largest absolute Gasteiger partial charge is 0.463 e. The van der Waals surface area contributed by atoms with Gasteiger partial charge in [-0.25, -0.2) is 4.39 Å². The van der Waals surface area contributed by atoms with Gasteiger partial charge in [-0.2, -0.15) is 28.4 Å². The molecule has 1 saturated carbocycles. The van der Waals surface area contributed by atoms with Crippen molar-refractivity contribution in [1.82, 2.24) is 19.8 Å². The number of hydrogen-bond donors (Lipinski definition) is 0. The molecule has 1 unspecified atom stereocenters. The molecule has 0 spiro atoms. The van der Waals surface area contributed by atoms with Gasteiger partial charge in [-0.15, -0.1) is 0 Å². The first kappa shape index (κ1) is 30.4. The van der Waals surface area contributed by atoms with Crippen molar-refractivity contribution < 1.29 is 22.3 Å². The van der Waals surface area contributed by atoms with Gasteiger partial charge in [0, 0.05) is 43.2 Å². The zero-order valence-electron chi connectivity index (χ0n) is 25.3. The van der Waals surface area contributed by atoms with Crippen molar-refractivity contribution in [2.75, 3.05) is 56.2 Å². The van der Waals surface area contributed by atoms with E-state index in [2.05, 4.69) is 27.8 Å². The van der Waals surface area contributed by atoms with Crippen molar-refractivity contribution in [3.05, 3.63) is 53.1 Å². The molecule has 1 aliphatic carbocycles. The second kappa shape index (κ2) is 12.1. The van der Waals surface area contributed by atoms with Gasteiger partial charge in [-0.3, -0.25) is 0 Å². The maximum atomic E-state index is 14.5. The fourth-order valence-corrected chi connectivity index (χ4v) is 7.34. The molecule has 2 aromatic rings. The number of piperazine rings is 1. The number of ether oxygens (including phenoxy) is 1. The normalized spacial score (nSPS) is 23.6. The number of aromatic nitrogens is 2. The van der Waals surface area contributed by atoms with Crippen LogP contribution in [0, 0.1) is 22.6 Å². The monoisotopic (exact) mass is 613 g/mol. The van der Waals surface area contributed by atoms with Crippen molar-refractivity contribution in [3.63, 3.8) is 0 Å². The summed E-state index contributed by atoms with van der Waals surface area (Å²) in [6, 6.07) is 6.41. The van der Waals surface area contributed by atoms with Crippen LogP contribution in [0.5, 0.6) is 6.01 Å². The lowest BCUT2D eigenvalue weighted by Gasteiger charge is -2.42. The molecule has 236 valence electrons. The van der Waals surface area contributed by atoms with E-state index in [4.69, 9.17) is 14.7 Å². The molecule has 1 aromatic carbocycles. The summed E-state index contributed by atoms with van der Waals surface area (Å²) in [4.78, 5) is 18.0. The van der Waals surface area contributed by atoms with Gasteiger partial charge >= 0.3 is 12.2 Å². The number of halogens is 4. The quantitative estimate of drug-likeness (QED) is 0.368. The van der Waals surface area contributed by atoms with Crippen molar-refractivity contribution in [1.29, 1.82) is 5.26 Å². The first-order valence-corrected chi connectivity index (χ1v) is 15.5. The van der Waals surface area contributed by atoms with Crippen LogP contribution in [-0.4, -0.2) is 78.2 Å². The van der Waals surface area contributed by atoms with Crippen molar-refractivity contribution >= 4 is 11.5 Å². The minimum absolute atomic E-state index is 0.0331. The molecular weight excluding hydrogens is 574 g/mol. The summed E-state index contributed by atoms with van der Waals surface area (Å²) in [7, 11) is 2.16. The average molecular weight is 614 g/mol. The fraction of sp³-hybridized carbons (Fsp3) is 0.594. The number of anilines is 2. The smallest absolute Gasteiger partial charge is 0.421 e. The first-order chi connectivity index (χ1) is 21.1. The Labute approximate surface area is 255 Å². The Balaban J connectivity index is 1.33. The van der Waals surface area contributed by atoms with Crippen LogP contribution in [0.2, 0.25) is 0 Å². The fourth-order valence-electron chi connectivity index (χ4n) is 7.34. The first-order valence-electron chi connectivity index (χ1n) is 15.5. The van der Waals surface area contributed by atoms with Gasteiger partial charge in [0.1, 0.15) is 17.2 Å². The third-order valence-corrected chi connectivity index (χ3v) is 9.74. The van der Waals surface area contributed by atoms with E-state index in [1.165, 1.54) is 18.6 Å². The van der Waals surface area contributed by atoms with E-state index in [1.807, 2.05) is 19.2 Å². The number of rotatable bonds is 8. The maximum Gasteiger partial charge on any atom is 0.421 e. The highest BCUT2D eigenvalue weighted by atomic mass is 19.4. The molecule has 12 heteroatoms. The minimum atomic E-state index is -4.83. The van der Waals surface area contributed by atoms with E-state index in [0.29, 0.717) is 56.6 Å². The number of nitriles is 1. The number of alkyl halides is 3. The van der Waals surface area contributed by atoms with Crippen LogP contribution < -0.4 is 14.5 Å². The summed E-state index contributed by atoms with van der Waals surface area (Å²) >= 11 is 0. The SMILES string of the molecule is CC=CN1CCN(c2nc(OCC3(C4CCCN4C)CC3)nc3c2CCN(c2cccc(F)c2C(F)(F)F)C3)C[C@@H]1CC#N. The molecule has 0 radical (unpaired) electrons. The molecule has 6 rings (SSSR count). The summed E-state index contributed by atoms with van der Waals surface area (Å²) in [5.41, 5.74) is 0.0660. The highest BCUT2D eigenvalue weighted by Crippen LogP contribution is 2.53. The second-order valence-corrected chi connectivity index (χ2v) is 12.5. The van der Waals surface area contributed by atoms with E-state index in [0.717, 1.165) is 37.4 Å². The van der Waals surface area contributed by atoms with E-state index < -0.39 is 17.6 Å². The van der Waals surface area contributed by atoms with Gasteiger partial charge in [-0.1, -0.05) is 12.1 Å². The molecule has 8 nitrogen and oxygen atoms in total. The Morgan fingerprint density at radius 1 is 1.14 bits per heavy atom. The van der Waals surface area contributed by atoms with Crippen molar-refractivity contribution in [3.8, 4) is 12.1 Å². The van der Waals surface area contributed by atoms with Crippen molar-refractivity contribution in [2.45, 2.75) is 70.3 Å². The zero-order valence-corrected chi connectivity index (χ0v) is 25.3. The van der Waals surface area contributed by atoms with Gasteiger partial charge in [0.2, 0.25) is 0 Å². The predicted molar refractivity (Wildman–Crippen MR) is 159 cm³/mol. The van der Waals surface area contributed by atoms with Crippen LogP contribution in [0.25, 0.3) is 0 Å². The van der Waals surface area contributed by atoms with Crippen LogP contribution in [0.3, 0.4) is 0 Å². The molecule has 1 aromatic heterocycles. The number of benzene rings is 1. The maximum absolute atomic E-state index is 14.5. The molecular formula is C32H39F4N7O. The Morgan fingerprint density at radius 3 is 2.64 bits per heavy atom. The Bertz CT molecular complexity index is 1440. The summed E-state index contributed by atoms with van der Waals surface area (Å²) in [5, 5.41) is 9.51. The van der Waals surface area contributed by atoms with Crippen molar-refractivity contribution in [2.24, 2.45) is 5.41 Å². The summed E-state index contributed by atoms with van der Waals surface area (Å²) < 4.78 is 62.7.